The van der Waals surface area contributed by atoms with Gasteiger partial charge in [-0.3, -0.25) is 4.79 Å². The highest BCUT2D eigenvalue weighted by molar-refractivity contribution is 5.94. The first-order chi connectivity index (χ1) is 11.8. The van der Waals surface area contributed by atoms with E-state index in [1.54, 1.807) is 26.0 Å². The lowest BCUT2D eigenvalue weighted by Gasteiger charge is -2.21. The van der Waals surface area contributed by atoms with Crippen LogP contribution in [0.25, 0.3) is 0 Å². The molecule has 140 valence electrons. The van der Waals surface area contributed by atoms with Crippen molar-refractivity contribution in [2.45, 2.75) is 47.1 Å². The molecular formula is C19H29NO5. The van der Waals surface area contributed by atoms with E-state index in [4.69, 9.17) is 14.6 Å². The molecule has 1 unspecified atom stereocenters. The lowest BCUT2D eigenvalue weighted by Crippen LogP contribution is -2.30. The summed E-state index contributed by atoms with van der Waals surface area (Å²) >= 11 is 0. The van der Waals surface area contributed by atoms with E-state index in [1.807, 2.05) is 6.92 Å². The summed E-state index contributed by atoms with van der Waals surface area (Å²) in [7, 11) is 0. The van der Waals surface area contributed by atoms with Gasteiger partial charge in [-0.2, -0.15) is 0 Å². The summed E-state index contributed by atoms with van der Waals surface area (Å²) in [6.07, 6.45) is 0.884. The Labute approximate surface area is 149 Å². The summed E-state index contributed by atoms with van der Waals surface area (Å²) in [6, 6.07) is 3.42. The Balaban J connectivity index is 2.68. The summed E-state index contributed by atoms with van der Waals surface area (Å²) in [5, 5.41) is 11.6. The molecule has 0 saturated heterocycles. The Hall–Kier alpha value is -2.08. The second kappa shape index (κ2) is 10.0. The quantitative estimate of drug-likeness (QED) is 0.677. The number of ether oxygens (including phenoxy) is 2. The highest BCUT2D eigenvalue weighted by Gasteiger charge is 2.15. The number of hydrogen-bond donors (Lipinski definition) is 2. The summed E-state index contributed by atoms with van der Waals surface area (Å²) in [4.78, 5) is 23.0. The number of benzene rings is 1. The molecule has 1 aromatic carbocycles. The molecule has 1 atom stereocenters. The van der Waals surface area contributed by atoms with Gasteiger partial charge in [-0.1, -0.05) is 13.8 Å². The fourth-order valence-electron chi connectivity index (χ4n) is 2.70. The van der Waals surface area contributed by atoms with E-state index in [0.717, 1.165) is 17.5 Å². The molecule has 0 saturated carbocycles. The number of nitrogens with one attached hydrogen (secondary N) is 1. The summed E-state index contributed by atoms with van der Waals surface area (Å²) < 4.78 is 11.0. The minimum atomic E-state index is -1.03. The van der Waals surface area contributed by atoms with Crippen molar-refractivity contribution < 1.29 is 24.2 Å². The molecular weight excluding hydrogens is 322 g/mol. The van der Waals surface area contributed by atoms with E-state index in [2.05, 4.69) is 19.2 Å². The van der Waals surface area contributed by atoms with Gasteiger partial charge in [0.2, 0.25) is 0 Å². The summed E-state index contributed by atoms with van der Waals surface area (Å²) in [5.74, 6) is -0.285. The Morgan fingerprint density at radius 1 is 1.20 bits per heavy atom. The summed E-state index contributed by atoms with van der Waals surface area (Å²) in [6.45, 7) is 10.6. The minimum absolute atomic E-state index is 0.126. The molecule has 0 aromatic heterocycles. The van der Waals surface area contributed by atoms with Crippen LogP contribution < -0.4 is 10.1 Å². The van der Waals surface area contributed by atoms with Crippen LogP contribution in [0.15, 0.2) is 12.1 Å². The third kappa shape index (κ3) is 6.74. The first-order valence-corrected chi connectivity index (χ1v) is 8.61. The molecule has 1 amide bonds. The van der Waals surface area contributed by atoms with Gasteiger partial charge in [0.05, 0.1) is 6.10 Å². The molecule has 1 rings (SSSR count). The molecule has 0 aliphatic heterocycles. The van der Waals surface area contributed by atoms with Crippen molar-refractivity contribution >= 4 is 11.9 Å². The van der Waals surface area contributed by atoms with E-state index >= 15 is 0 Å². The predicted octanol–water partition coefficient (Wildman–Crippen LogP) is 2.95. The molecule has 6 heteroatoms. The topological polar surface area (TPSA) is 84.9 Å². The normalized spacial score (nSPS) is 12.1. The highest BCUT2D eigenvalue weighted by atomic mass is 16.5. The van der Waals surface area contributed by atoms with Crippen LogP contribution in [0.3, 0.4) is 0 Å². The zero-order valence-corrected chi connectivity index (χ0v) is 15.7. The maximum absolute atomic E-state index is 12.3. The second-order valence-corrected chi connectivity index (χ2v) is 6.40. The molecule has 25 heavy (non-hydrogen) atoms. The molecule has 0 spiro atoms. The molecule has 0 aliphatic rings. The Kier molecular flexibility index (Phi) is 8.41. The number of rotatable bonds is 10. The standard InChI is InChI=1S/C19H29NO5/c1-6-24-16(12(2)3)7-8-20-19(23)15-9-13(4)18(14(5)10-15)25-11-17(21)22/h9-10,12,16H,6-8,11H2,1-5H3,(H,20,23)(H,21,22). The number of carbonyl (C=O) groups is 2. The third-order valence-electron chi connectivity index (χ3n) is 3.90. The van der Waals surface area contributed by atoms with Crippen molar-refractivity contribution in [1.82, 2.24) is 5.32 Å². The van der Waals surface area contributed by atoms with E-state index in [9.17, 15) is 9.59 Å². The Morgan fingerprint density at radius 2 is 1.80 bits per heavy atom. The van der Waals surface area contributed by atoms with Gasteiger partial charge in [0.15, 0.2) is 6.61 Å². The van der Waals surface area contributed by atoms with Gasteiger partial charge in [-0.05, 0) is 56.4 Å². The Morgan fingerprint density at radius 3 is 2.28 bits per heavy atom. The van der Waals surface area contributed by atoms with Crippen molar-refractivity contribution in [1.29, 1.82) is 0 Å². The van der Waals surface area contributed by atoms with Crippen LogP contribution >= 0.6 is 0 Å². The van der Waals surface area contributed by atoms with Gasteiger partial charge in [0, 0.05) is 18.7 Å². The van der Waals surface area contributed by atoms with Gasteiger partial charge in [-0.25, -0.2) is 4.79 Å². The van der Waals surface area contributed by atoms with E-state index < -0.39 is 12.6 Å². The second-order valence-electron chi connectivity index (χ2n) is 6.40. The lowest BCUT2D eigenvalue weighted by atomic mass is 10.0. The monoisotopic (exact) mass is 351 g/mol. The number of aryl methyl sites for hydroxylation is 2. The minimum Gasteiger partial charge on any atom is -0.481 e. The van der Waals surface area contributed by atoms with Crippen LogP contribution in [0.2, 0.25) is 0 Å². The average molecular weight is 351 g/mol. The number of aliphatic carboxylic acids is 1. The van der Waals surface area contributed by atoms with Crippen molar-refractivity contribution in [2.24, 2.45) is 5.92 Å². The van der Waals surface area contributed by atoms with Crippen molar-refractivity contribution in [2.75, 3.05) is 19.8 Å². The fraction of sp³-hybridized carbons (Fsp3) is 0.579. The smallest absolute Gasteiger partial charge is 0.341 e. The van der Waals surface area contributed by atoms with Gasteiger partial charge in [0.25, 0.3) is 5.91 Å². The maximum atomic E-state index is 12.3. The highest BCUT2D eigenvalue weighted by Crippen LogP contribution is 2.25. The first kappa shape index (κ1) is 21.0. The molecule has 0 heterocycles. The zero-order chi connectivity index (χ0) is 19.0. The molecule has 0 fully saturated rings. The van der Waals surface area contributed by atoms with Gasteiger partial charge >= 0.3 is 5.97 Å². The van der Waals surface area contributed by atoms with Crippen LogP contribution in [0, 0.1) is 19.8 Å². The van der Waals surface area contributed by atoms with Crippen molar-refractivity contribution in [3.63, 3.8) is 0 Å². The van der Waals surface area contributed by atoms with Crippen molar-refractivity contribution in [3.8, 4) is 5.75 Å². The zero-order valence-electron chi connectivity index (χ0n) is 15.7. The number of carboxylic acid groups (broad SMARTS) is 1. The van der Waals surface area contributed by atoms with Crippen LogP contribution in [0.4, 0.5) is 0 Å². The van der Waals surface area contributed by atoms with E-state index in [-0.39, 0.29) is 12.0 Å². The molecule has 2 N–H and O–H groups in total. The number of carboxylic acids is 1. The van der Waals surface area contributed by atoms with Crippen LogP contribution in [0.1, 0.15) is 48.7 Å². The molecule has 1 aromatic rings. The number of carbonyl (C=O) groups excluding carboxylic acids is 1. The number of hydrogen-bond acceptors (Lipinski definition) is 4. The summed E-state index contributed by atoms with van der Waals surface area (Å²) in [5.41, 5.74) is 2.01. The SMILES string of the molecule is CCOC(CCNC(=O)c1cc(C)c(OCC(=O)O)c(C)c1)C(C)C. The van der Waals surface area contributed by atoms with Gasteiger partial charge in [0.1, 0.15) is 5.75 Å². The first-order valence-electron chi connectivity index (χ1n) is 8.61. The average Bonchev–Trinajstić information content (AvgIpc) is 2.52. The molecule has 0 aliphatic carbocycles. The van der Waals surface area contributed by atoms with Gasteiger partial charge in [-0.15, -0.1) is 0 Å². The van der Waals surface area contributed by atoms with E-state index in [0.29, 0.717) is 30.4 Å². The van der Waals surface area contributed by atoms with Crippen molar-refractivity contribution in [3.05, 3.63) is 28.8 Å². The molecule has 0 bridgehead atoms. The largest absolute Gasteiger partial charge is 0.481 e. The third-order valence-corrected chi connectivity index (χ3v) is 3.90. The maximum Gasteiger partial charge on any atom is 0.341 e. The molecule has 6 nitrogen and oxygen atoms in total. The van der Waals surface area contributed by atoms with Crippen LogP contribution in [-0.4, -0.2) is 42.8 Å². The Bertz CT molecular complexity index is 574. The van der Waals surface area contributed by atoms with Crippen LogP contribution in [0.5, 0.6) is 5.75 Å². The lowest BCUT2D eigenvalue weighted by molar-refractivity contribution is -0.139. The number of amides is 1. The molecule has 0 radical (unpaired) electrons. The van der Waals surface area contributed by atoms with Gasteiger partial charge < -0.3 is 19.9 Å². The fourth-order valence-corrected chi connectivity index (χ4v) is 2.70. The predicted molar refractivity (Wildman–Crippen MR) is 96.2 cm³/mol. The van der Waals surface area contributed by atoms with E-state index in [1.165, 1.54) is 0 Å². The van der Waals surface area contributed by atoms with Crippen LogP contribution in [-0.2, 0) is 9.53 Å².